The normalized spacial score (nSPS) is 10.4. The first-order valence-electron chi connectivity index (χ1n) is 6.57. The Labute approximate surface area is 106 Å². The lowest BCUT2D eigenvalue weighted by atomic mass is 10.1. The number of hydrogen-bond donors (Lipinski definition) is 1. The van der Waals surface area contributed by atoms with E-state index >= 15 is 0 Å². The predicted molar refractivity (Wildman–Crippen MR) is 72.0 cm³/mol. The average Bonchev–Trinajstić information content (AvgIpc) is 2.29. The van der Waals surface area contributed by atoms with Gasteiger partial charge in [-0.2, -0.15) is 12.6 Å². The van der Waals surface area contributed by atoms with Crippen LogP contribution in [0.5, 0.6) is 0 Å². The van der Waals surface area contributed by atoms with Crippen molar-refractivity contribution in [1.29, 1.82) is 0 Å². The number of thiol groups is 1. The molecule has 0 fully saturated rings. The summed E-state index contributed by atoms with van der Waals surface area (Å²) in [6, 6.07) is 0. The van der Waals surface area contributed by atoms with Crippen LogP contribution in [0.25, 0.3) is 0 Å². The second-order valence-corrected chi connectivity index (χ2v) is 4.62. The van der Waals surface area contributed by atoms with Gasteiger partial charge in [-0.3, -0.25) is 4.79 Å². The highest BCUT2D eigenvalue weighted by molar-refractivity contribution is 7.80. The zero-order chi connectivity index (χ0) is 12.1. The molecule has 0 saturated carbocycles. The van der Waals surface area contributed by atoms with E-state index in [0.29, 0.717) is 13.0 Å². The molecule has 2 nitrogen and oxygen atoms in total. The number of esters is 1. The van der Waals surface area contributed by atoms with Crippen LogP contribution in [0.15, 0.2) is 0 Å². The molecular formula is C13H26O2S. The Kier molecular flexibility index (Phi) is 12.7. The van der Waals surface area contributed by atoms with Gasteiger partial charge in [-0.25, -0.2) is 0 Å². The molecule has 0 atom stereocenters. The smallest absolute Gasteiger partial charge is 0.305 e. The van der Waals surface area contributed by atoms with Gasteiger partial charge in [0.1, 0.15) is 0 Å². The molecule has 0 rings (SSSR count). The average molecular weight is 246 g/mol. The lowest BCUT2D eigenvalue weighted by Gasteiger charge is -2.04. The van der Waals surface area contributed by atoms with E-state index in [1.54, 1.807) is 0 Å². The zero-order valence-electron chi connectivity index (χ0n) is 10.5. The molecule has 0 aliphatic rings. The number of hydrogen-bond acceptors (Lipinski definition) is 3. The van der Waals surface area contributed by atoms with Gasteiger partial charge in [-0.05, 0) is 25.0 Å². The van der Waals surface area contributed by atoms with Crippen LogP contribution in [-0.2, 0) is 9.53 Å². The van der Waals surface area contributed by atoms with E-state index in [1.807, 2.05) is 0 Å². The minimum Gasteiger partial charge on any atom is -0.466 e. The minimum atomic E-state index is -0.0229. The SMILES string of the molecule is CCCCCCC(=O)OCCCCCCS. The van der Waals surface area contributed by atoms with Crippen LogP contribution >= 0.6 is 12.6 Å². The van der Waals surface area contributed by atoms with Crippen LogP contribution in [0.1, 0.15) is 64.7 Å². The molecule has 0 aromatic rings. The molecule has 0 N–H and O–H groups in total. The standard InChI is InChI=1S/C13H26O2S/c1-2-3-4-7-10-13(14)15-11-8-5-6-9-12-16/h16H,2-12H2,1H3. The van der Waals surface area contributed by atoms with Crippen LogP contribution < -0.4 is 0 Å². The van der Waals surface area contributed by atoms with E-state index < -0.39 is 0 Å². The molecule has 0 aliphatic heterocycles. The van der Waals surface area contributed by atoms with Crippen molar-refractivity contribution in [2.75, 3.05) is 12.4 Å². The number of rotatable bonds is 11. The molecule has 0 spiro atoms. The van der Waals surface area contributed by atoms with Crippen molar-refractivity contribution >= 4 is 18.6 Å². The van der Waals surface area contributed by atoms with Gasteiger partial charge < -0.3 is 4.74 Å². The van der Waals surface area contributed by atoms with E-state index in [2.05, 4.69) is 19.6 Å². The third-order valence-corrected chi connectivity index (χ3v) is 2.87. The van der Waals surface area contributed by atoms with Crippen molar-refractivity contribution in [3.05, 3.63) is 0 Å². The number of carbonyl (C=O) groups is 1. The maximum atomic E-state index is 11.3. The molecule has 0 radical (unpaired) electrons. The van der Waals surface area contributed by atoms with Gasteiger partial charge in [0.2, 0.25) is 0 Å². The summed E-state index contributed by atoms with van der Waals surface area (Å²) in [6.45, 7) is 2.77. The Hall–Kier alpha value is -0.180. The largest absolute Gasteiger partial charge is 0.466 e. The van der Waals surface area contributed by atoms with Gasteiger partial charge in [-0.15, -0.1) is 0 Å². The van der Waals surface area contributed by atoms with Crippen LogP contribution in [0.2, 0.25) is 0 Å². The molecule has 96 valence electrons. The van der Waals surface area contributed by atoms with E-state index in [0.717, 1.165) is 37.9 Å². The molecule has 16 heavy (non-hydrogen) atoms. The first-order valence-corrected chi connectivity index (χ1v) is 7.21. The van der Waals surface area contributed by atoms with Crippen LogP contribution in [-0.4, -0.2) is 18.3 Å². The maximum Gasteiger partial charge on any atom is 0.305 e. The topological polar surface area (TPSA) is 26.3 Å². The monoisotopic (exact) mass is 246 g/mol. The first kappa shape index (κ1) is 15.8. The lowest BCUT2D eigenvalue weighted by molar-refractivity contribution is -0.143. The highest BCUT2D eigenvalue weighted by Gasteiger charge is 2.01. The van der Waals surface area contributed by atoms with Gasteiger partial charge in [-0.1, -0.05) is 39.0 Å². The third kappa shape index (κ3) is 11.9. The lowest BCUT2D eigenvalue weighted by Crippen LogP contribution is -2.05. The summed E-state index contributed by atoms with van der Waals surface area (Å²) in [5.41, 5.74) is 0. The molecular weight excluding hydrogens is 220 g/mol. The van der Waals surface area contributed by atoms with Gasteiger partial charge in [0, 0.05) is 6.42 Å². The van der Waals surface area contributed by atoms with Gasteiger partial charge in [0.15, 0.2) is 0 Å². The molecule has 0 amide bonds. The van der Waals surface area contributed by atoms with Crippen molar-refractivity contribution in [2.24, 2.45) is 0 Å². The Morgan fingerprint density at radius 2 is 1.69 bits per heavy atom. The Balaban J connectivity index is 3.11. The minimum absolute atomic E-state index is 0.0229. The van der Waals surface area contributed by atoms with Crippen LogP contribution in [0.3, 0.4) is 0 Å². The summed E-state index contributed by atoms with van der Waals surface area (Å²) in [7, 11) is 0. The molecule has 0 saturated heterocycles. The summed E-state index contributed by atoms with van der Waals surface area (Å²) in [4.78, 5) is 11.3. The van der Waals surface area contributed by atoms with E-state index in [1.165, 1.54) is 19.3 Å². The molecule has 0 aromatic heterocycles. The maximum absolute atomic E-state index is 11.3. The third-order valence-electron chi connectivity index (χ3n) is 2.55. The molecule has 0 heterocycles. The van der Waals surface area contributed by atoms with Crippen molar-refractivity contribution in [3.8, 4) is 0 Å². The summed E-state index contributed by atoms with van der Waals surface area (Å²) in [6.07, 6.45) is 9.64. The fourth-order valence-electron chi connectivity index (χ4n) is 1.52. The molecule has 0 aliphatic carbocycles. The highest BCUT2D eigenvalue weighted by Crippen LogP contribution is 2.05. The van der Waals surface area contributed by atoms with Crippen molar-refractivity contribution < 1.29 is 9.53 Å². The first-order chi connectivity index (χ1) is 7.81. The van der Waals surface area contributed by atoms with E-state index in [9.17, 15) is 4.79 Å². The van der Waals surface area contributed by atoms with E-state index in [4.69, 9.17) is 4.74 Å². The van der Waals surface area contributed by atoms with Gasteiger partial charge >= 0.3 is 5.97 Å². The Bertz CT molecular complexity index is 160. The zero-order valence-corrected chi connectivity index (χ0v) is 11.4. The molecule has 0 unspecified atom stereocenters. The predicted octanol–water partition coefficient (Wildman–Crippen LogP) is 3.99. The van der Waals surface area contributed by atoms with Gasteiger partial charge in [0.05, 0.1) is 6.61 Å². The molecule has 3 heteroatoms. The van der Waals surface area contributed by atoms with Crippen molar-refractivity contribution in [3.63, 3.8) is 0 Å². The fraction of sp³-hybridized carbons (Fsp3) is 0.923. The van der Waals surface area contributed by atoms with E-state index in [-0.39, 0.29) is 5.97 Å². The Morgan fingerprint density at radius 3 is 2.38 bits per heavy atom. The summed E-state index contributed by atoms with van der Waals surface area (Å²) in [5, 5.41) is 0. The molecule has 0 aromatic carbocycles. The summed E-state index contributed by atoms with van der Waals surface area (Å²) in [5.74, 6) is 0.933. The number of unbranched alkanes of at least 4 members (excludes halogenated alkanes) is 6. The second-order valence-electron chi connectivity index (χ2n) is 4.17. The van der Waals surface area contributed by atoms with Crippen molar-refractivity contribution in [1.82, 2.24) is 0 Å². The summed E-state index contributed by atoms with van der Waals surface area (Å²) < 4.78 is 5.14. The molecule has 0 bridgehead atoms. The second kappa shape index (κ2) is 12.9. The van der Waals surface area contributed by atoms with Crippen LogP contribution in [0.4, 0.5) is 0 Å². The fourth-order valence-corrected chi connectivity index (χ4v) is 1.75. The quantitative estimate of drug-likeness (QED) is 0.339. The Morgan fingerprint density at radius 1 is 1.00 bits per heavy atom. The number of ether oxygens (including phenoxy) is 1. The highest BCUT2D eigenvalue weighted by atomic mass is 32.1. The summed E-state index contributed by atoms with van der Waals surface area (Å²) >= 11 is 4.15. The van der Waals surface area contributed by atoms with Crippen LogP contribution in [0, 0.1) is 0 Å². The van der Waals surface area contributed by atoms with Gasteiger partial charge in [0.25, 0.3) is 0 Å². The van der Waals surface area contributed by atoms with Crippen molar-refractivity contribution in [2.45, 2.75) is 64.7 Å². The number of carbonyl (C=O) groups excluding carboxylic acids is 1.